The van der Waals surface area contributed by atoms with Crippen LogP contribution in [0.2, 0.25) is 0 Å². The van der Waals surface area contributed by atoms with Gasteiger partial charge in [-0.3, -0.25) is 4.79 Å². The predicted octanol–water partition coefficient (Wildman–Crippen LogP) is 1.70. The molecule has 0 aliphatic carbocycles. The van der Waals surface area contributed by atoms with E-state index in [1.54, 1.807) is 12.5 Å². The molecule has 1 aromatic carbocycles. The van der Waals surface area contributed by atoms with Crippen LogP contribution < -0.4 is 10.6 Å². The summed E-state index contributed by atoms with van der Waals surface area (Å²) in [5.74, 6) is -0.0528. The molecule has 1 aromatic heterocycles. The summed E-state index contributed by atoms with van der Waals surface area (Å²) >= 11 is 0. The highest BCUT2D eigenvalue weighted by atomic mass is 16.1. The smallest absolute Gasteiger partial charge is 0.251 e. The molecule has 0 radical (unpaired) electrons. The molecular weight excluding hydrogens is 240 g/mol. The van der Waals surface area contributed by atoms with Gasteiger partial charge in [-0.05, 0) is 36.6 Å². The van der Waals surface area contributed by atoms with Crippen LogP contribution in [0.5, 0.6) is 0 Å². The van der Waals surface area contributed by atoms with Gasteiger partial charge in [-0.1, -0.05) is 0 Å². The highest BCUT2D eigenvalue weighted by Crippen LogP contribution is 2.22. The van der Waals surface area contributed by atoms with Crippen molar-refractivity contribution in [3.63, 3.8) is 0 Å². The zero-order valence-electron chi connectivity index (χ0n) is 10.6. The molecule has 19 heavy (non-hydrogen) atoms. The van der Waals surface area contributed by atoms with Gasteiger partial charge in [0.05, 0.1) is 18.6 Å². The van der Waals surface area contributed by atoms with Crippen LogP contribution in [0.4, 0.5) is 5.69 Å². The molecule has 5 nitrogen and oxygen atoms in total. The third kappa shape index (κ3) is 2.59. The summed E-state index contributed by atoms with van der Waals surface area (Å²) in [7, 11) is 0. The topological polar surface area (TPSA) is 69.8 Å². The molecule has 0 atom stereocenters. The van der Waals surface area contributed by atoms with Crippen molar-refractivity contribution in [2.24, 2.45) is 0 Å². The number of amides is 1. The number of fused-ring (bicyclic) bond motifs is 1. The van der Waals surface area contributed by atoms with Gasteiger partial charge in [0.2, 0.25) is 0 Å². The first-order valence-corrected chi connectivity index (χ1v) is 6.45. The van der Waals surface area contributed by atoms with Gasteiger partial charge >= 0.3 is 0 Å². The van der Waals surface area contributed by atoms with Crippen LogP contribution in [0.1, 0.15) is 28.0 Å². The summed E-state index contributed by atoms with van der Waals surface area (Å²) in [6.45, 7) is 1.48. The van der Waals surface area contributed by atoms with E-state index in [-0.39, 0.29) is 5.91 Å². The fraction of sp³-hybridized carbons (Fsp3) is 0.286. The van der Waals surface area contributed by atoms with Crippen molar-refractivity contribution < 1.29 is 4.79 Å². The summed E-state index contributed by atoms with van der Waals surface area (Å²) in [6, 6.07) is 5.82. The molecule has 5 heteroatoms. The van der Waals surface area contributed by atoms with E-state index in [9.17, 15) is 4.79 Å². The molecule has 0 bridgehead atoms. The summed E-state index contributed by atoms with van der Waals surface area (Å²) in [5, 5.41) is 6.22. The van der Waals surface area contributed by atoms with E-state index in [2.05, 4.69) is 20.6 Å². The van der Waals surface area contributed by atoms with E-state index in [4.69, 9.17) is 0 Å². The van der Waals surface area contributed by atoms with E-state index in [1.807, 2.05) is 18.2 Å². The van der Waals surface area contributed by atoms with Crippen molar-refractivity contribution in [2.75, 3.05) is 11.9 Å². The SMILES string of the molecule is O=C(NCc1cnc[nH]1)c1ccc2c(c1)CCCN2. The Labute approximate surface area is 111 Å². The zero-order chi connectivity index (χ0) is 13.1. The number of aryl methyl sites for hydroxylation is 1. The largest absolute Gasteiger partial charge is 0.385 e. The normalized spacial score (nSPS) is 13.5. The Balaban J connectivity index is 1.69. The maximum absolute atomic E-state index is 12.1. The number of aromatic amines is 1. The molecule has 0 unspecified atom stereocenters. The quantitative estimate of drug-likeness (QED) is 0.782. The van der Waals surface area contributed by atoms with Gasteiger partial charge in [0.1, 0.15) is 0 Å². The molecule has 3 rings (SSSR count). The number of nitrogens with one attached hydrogen (secondary N) is 3. The Morgan fingerprint density at radius 2 is 2.37 bits per heavy atom. The lowest BCUT2D eigenvalue weighted by Crippen LogP contribution is -2.23. The maximum Gasteiger partial charge on any atom is 0.251 e. The molecule has 2 heterocycles. The van der Waals surface area contributed by atoms with E-state index >= 15 is 0 Å². The Kier molecular flexibility index (Phi) is 3.18. The van der Waals surface area contributed by atoms with Crippen LogP contribution >= 0.6 is 0 Å². The minimum absolute atomic E-state index is 0.0528. The first-order chi connectivity index (χ1) is 9.33. The number of carbonyl (C=O) groups excluding carboxylic acids is 1. The Bertz CT molecular complexity index is 577. The summed E-state index contributed by atoms with van der Waals surface area (Å²) in [6.07, 6.45) is 5.46. The van der Waals surface area contributed by atoms with Crippen LogP contribution in [-0.2, 0) is 13.0 Å². The monoisotopic (exact) mass is 256 g/mol. The summed E-state index contributed by atoms with van der Waals surface area (Å²) in [5.41, 5.74) is 3.98. The van der Waals surface area contributed by atoms with Gasteiger partial charge < -0.3 is 15.6 Å². The lowest BCUT2D eigenvalue weighted by atomic mass is 10.0. The number of nitrogens with zero attached hydrogens (tertiary/aromatic N) is 1. The van der Waals surface area contributed by atoms with Gasteiger partial charge in [-0.25, -0.2) is 4.98 Å². The maximum atomic E-state index is 12.1. The van der Waals surface area contributed by atoms with Crippen LogP contribution in [0.15, 0.2) is 30.7 Å². The Hall–Kier alpha value is -2.30. The van der Waals surface area contributed by atoms with Gasteiger partial charge in [0, 0.05) is 24.0 Å². The number of hydrogen-bond donors (Lipinski definition) is 3. The molecular formula is C14H16N4O. The third-order valence-corrected chi connectivity index (χ3v) is 3.30. The van der Waals surface area contributed by atoms with E-state index in [1.165, 1.54) is 5.56 Å². The van der Waals surface area contributed by atoms with Crippen molar-refractivity contribution in [1.82, 2.24) is 15.3 Å². The molecule has 3 N–H and O–H groups in total. The van der Waals surface area contributed by atoms with Crippen molar-refractivity contribution in [2.45, 2.75) is 19.4 Å². The minimum Gasteiger partial charge on any atom is -0.385 e. The molecule has 1 aliphatic heterocycles. The average Bonchev–Trinajstić information content (AvgIpc) is 2.97. The molecule has 0 fully saturated rings. The number of aromatic nitrogens is 2. The van der Waals surface area contributed by atoms with Crippen molar-refractivity contribution in [3.8, 4) is 0 Å². The molecule has 1 amide bonds. The first-order valence-electron chi connectivity index (χ1n) is 6.45. The number of anilines is 1. The van der Waals surface area contributed by atoms with Crippen molar-refractivity contribution in [1.29, 1.82) is 0 Å². The number of H-pyrrole nitrogens is 1. The van der Waals surface area contributed by atoms with E-state index < -0.39 is 0 Å². The average molecular weight is 256 g/mol. The van der Waals surface area contributed by atoms with Crippen LogP contribution in [0.3, 0.4) is 0 Å². The summed E-state index contributed by atoms with van der Waals surface area (Å²) in [4.78, 5) is 18.9. The van der Waals surface area contributed by atoms with Crippen LogP contribution in [0.25, 0.3) is 0 Å². The second-order valence-corrected chi connectivity index (χ2v) is 4.66. The number of imidazole rings is 1. The lowest BCUT2D eigenvalue weighted by molar-refractivity contribution is 0.0950. The fourth-order valence-corrected chi connectivity index (χ4v) is 2.28. The molecule has 98 valence electrons. The number of carbonyl (C=O) groups is 1. The highest BCUT2D eigenvalue weighted by Gasteiger charge is 2.12. The van der Waals surface area contributed by atoms with Gasteiger partial charge in [-0.15, -0.1) is 0 Å². The number of hydrogen-bond acceptors (Lipinski definition) is 3. The second kappa shape index (κ2) is 5.14. The van der Waals surface area contributed by atoms with Gasteiger partial charge in [0.15, 0.2) is 0 Å². The van der Waals surface area contributed by atoms with Crippen LogP contribution in [0, 0.1) is 0 Å². The minimum atomic E-state index is -0.0528. The molecule has 0 spiro atoms. The van der Waals surface area contributed by atoms with E-state index in [0.29, 0.717) is 12.1 Å². The Morgan fingerprint density at radius 3 is 3.21 bits per heavy atom. The van der Waals surface area contributed by atoms with Crippen molar-refractivity contribution in [3.05, 3.63) is 47.5 Å². The zero-order valence-corrected chi connectivity index (χ0v) is 10.6. The molecule has 2 aromatic rings. The lowest BCUT2D eigenvalue weighted by Gasteiger charge is -2.18. The molecule has 0 saturated carbocycles. The van der Waals surface area contributed by atoms with Gasteiger partial charge in [0.25, 0.3) is 5.91 Å². The first kappa shape index (κ1) is 11.8. The predicted molar refractivity (Wildman–Crippen MR) is 73.0 cm³/mol. The fourth-order valence-electron chi connectivity index (χ4n) is 2.28. The molecule has 1 aliphatic rings. The summed E-state index contributed by atoms with van der Waals surface area (Å²) < 4.78 is 0. The molecule has 0 saturated heterocycles. The van der Waals surface area contributed by atoms with Crippen LogP contribution in [-0.4, -0.2) is 22.4 Å². The highest BCUT2D eigenvalue weighted by molar-refractivity contribution is 5.94. The standard InChI is InChI=1S/C14H16N4O/c19-14(17-8-12-7-15-9-18-12)11-3-4-13-10(6-11)2-1-5-16-13/h3-4,6-7,9,16H,1-2,5,8H2,(H,15,18)(H,17,19). The van der Waals surface area contributed by atoms with E-state index in [0.717, 1.165) is 30.8 Å². The van der Waals surface area contributed by atoms with Crippen molar-refractivity contribution >= 4 is 11.6 Å². The number of rotatable bonds is 3. The second-order valence-electron chi connectivity index (χ2n) is 4.66. The van der Waals surface area contributed by atoms with Gasteiger partial charge in [-0.2, -0.15) is 0 Å². The Morgan fingerprint density at radius 1 is 1.42 bits per heavy atom. The number of benzene rings is 1. The third-order valence-electron chi connectivity index (χ3n) is 3.30.